The van der Waals surface area contributed by atoms with Crippen LogP contribution in [0, 0.1) is 23.2 Å². The highest BCUT2D eigenvalue weighted by Crippen LogP contribution is 2.44. The standard InChI is InChI=1S/C23H39N/c1-16-13-17-14-23(7,8)15-22(5,6)12-10-19(17)20(24)18(16)9-11-21(2,3)4/h13H,9-12,14-15,24H2,1-8H3. The highest BCUT2D eigenvalue weighted by Gasteiger charge is 2.33. The number of rotatable bonds is 2. The number of nitrogen functional groups attached to an aromatic ring is 1. The van der Waals surface area contributed by atoms with Crippen LogP contribution in [0.15, 0.2) is 6.07 Å². The van der Waals surface area contributed by atoms with Crippen LogP contribution in [0.1, 0.15) is 90.0 Å². The van der Waals surface area contributed by atoms with Crippen LogP contribution in [0.4, 0.5) is 5.69 Å². The van der Waals surface area contributed by atoms with Crippen molar-refractivity contribution in [3.8, 4) is 0 Å². The van der Waals surface area contributed by atoms with Gasteiger partial charge in [-0.1, -0.05) is 54.5 Å². The van der Waals surface area contributed by atoms with E-state index in [-0.39, 0.29) is 0 Å². The molecule has 0 bridgehead atoms. The van der Waals surface area contributed by atoms with Gasteiger partial charge in [0.15, 0.2) is 0 Å². The molecule has 1 heteroatoms. The van der Waals surface area contributed by atoms with E-state index in [9.17, 15) is 0 Å². The van der Waals surface area contributed by atoms with Crippen LogP contribution in [0.2, 0.25) is 0 Å². The maximum absolute atomic E-state index is 6.73. The number of nitrogens with two attached hydrogens (primary N) is 1. The lowest BCUT2D eigenvalue weighted by atomic mass is 9.67. The molecule has 2 rings (SSSR count). The summed E-state index contributed by atoms with van der Waals surface area (Å²) in [6, 6.07) is 2.45. The third-order valence-corrected chi connectivity index (χ3v) is 5.71. The number of hydrogen-bond donors (Lipinski definition) is 1. The summed E-state index contributed by atoms with van der Waals surface area (Å²) in [6.07, 6.45) is 7.08. The predicted octanol–water partition coefficient (Wildman–Crippen LogP) is 6.49. The second-order valence-electron chi connectivity index (χ2n) is 11.0. The molecule has 1 nitrogen and oxygen atoms in total. The quantitative estimate of drug-likeness (QED) is 0.617. The van der Waals surface area contributed by atoms with Gasteiger partial charge in [-0.15, -0.1) is 0 Å². The minimum absolute atomic E-state index is 0.338. The van der Waals surface area contributed by atoms with Gasteiger partial charge >= 0.3 is 0 Å². The van der Waals surface area contributed by atoms with Gasteiger partial charge in [0, 0.05) is 5.69 Å². The molecular formula is C23H39N. The number of fused-ring (bicyclic) bond motifs is 1. The first-order valence-electron chi connectivity index (χ1n) is 9.69. The van der Waals surface area contributed by atoms with Crippen molar-refractivity contribution in [2.45, 2.75) is 93.9 Å². The Kier molecular flexibility index (Phi) is 5.15. The van der Waals surface area contributed by atoms with Gasteiger partial charge in [-0.25, -0.2) is 0 Å². The van der Waals surface area contributed by atoms with E-state index in [1.54, 1.807) is 0 Å². The van der Waals surface area contributed by atoms with Gasteiger partial charge in [-0.2, -0.15) is 0 Å². The molecule has 0 saturated heterocycles. The van der Waals surface area contributed by atoms with Gasteiger partial charge in [0.2, 0.25) is 0 Å². The molecular weight excluding hydrogens is 290 g/mol. The molecule has 2 N–H and O–H groups in total. The number of anilines is 1. The monoisotopic (exact) mass is 329 g/mol. The van der Waals surface area contributed by atoms with Crippen LogP contribution >= 0.6 is 0 Å². The lowest BCUT2D eigenvalue weighted by Gasteiger charge is -2.39. The Balaban J connectivity index is 2.43. The van der Waals surface area contributed by atoms with Crippen molar-refractivity contribution in [2.75, 3.05) is 5.73 Å². The summed E-state index contributed by atoms with van der Waals surface area (Å²) in [5.41, 5.74) is 14.7. The van der Waals surface area contributed by atoms with E-state index in [2.05, 4.69) is 61.5 Å². The minimum Gasteiger partial charge on any atom is -0.398 e. The summed E-state index contributed by atoms with van der Waals surface area (Å²) < 4.78 is 0. The van der Waals surface area contributed by atoms with Crippen molar-refractivity contribution in [3.63, 3.8) is 0 Å². The van der Waals surface area contributed by atoms with E-state index in [1.165, 1.54) is 41.5 Å². The molecule has 0 amide bonds. The molecule has 24 heavy (non-hydrogen) atoms. The number of benzene rings is 1. The maximum Gasteiger partial charge on any atom is 0.0384 e. The summed E-state index contributed by atoms with van der Waals surface area (Å²) in [5.74, 6) is 0. The summed E-state index contributed by atoms with van der Waals surface area (Å²) in [4.78, 5) is 0. The third kappa shape index (κ3) is 4.77. The largest absolute Gasteiger partial charge is 0.398 e. The van der Waals surface area contributed by atoms with Crippen molar-refractivity contribution in [2.24, 2.45) is 16.2 Å². The van der Waals surface area contributed by atoms with Crippen LogP contribution in [0.3, 0.4) is 0 Å². The Labute approximate surface area is 150 Å². The van der Waals surface area contributed by atoms with Crippen LogP contribution < -0.4 is 5.73 Å². The first-order valence-corrected chi connectivity index (χ1v) is 9.69. The van der Waals surface area contributed by atoms with E-state index in [0.717, 1.165) is 24.9 Å². The van der Waals surface area contributed by atoms with E-state index >= 15 is 0 Å². The van der Waals surface area contributed by atoms with E-state index in [1.807, 2.05) is 0 Å². The summed E-state index contributed by atoms with van der Waals surface area (Å²) >= 11 is 0. The molecule has 1 aliphatic rings. The molecule has 0 spiro atoms. The fourth-order valence-electron chi connectivity index (χ4n) is 4.71. The van der Waals surface area contributed by atoms with Crippen molar-refractivity contribution < 1.29 is 0 Å². The Morgan fingerprint density at radius 3 is 2.29 bits per heavy atom. The van der Waals surface area contributed by atoms with Crippen LogP contribution in [0.25, 0.3) is 0 Å². The zero-order valence-corrected chi connectivity index (χ0v) is 17.4. The average molecular weight is 330 g/mol. The first-order chi connectivity index (χ1) is 10.8. The number of aryl methyl sites for hydroxylation is 1. The van der Waals surface area contributed by atoms with Gasteiger partial charge in [0.05, 0.1) is 0 Å². The van der Waals surface area contributed by atoms with E-state index in [4.69, 9.17) is 5.73 Å². The maximum atomic E-state index is 6.73. The van der Waals surface area contributed by atoms with Crippen molar-refractivity contribution >= 4 is 5.69 Å². The highest BCUT2D eigenvalue weighted by molar-refractivity contribution is 5.61. The van der Waals surface area contributed by atoms with Crippen LogP contribution in [0.5, 0.6) is 0 Å². The number of hydrogen-bond acceptors (Lipinski definition) is 1. The molecule has 0 unspecified atom stereocenters. The fraction of sp³-hybridized carbons (Fsp3) is 0.739. The zero-order valence-electron chi connectivity index (χ0n) is 17.4. The molecule has 0 aliphatic heterocycles. The Hall–Kier alpha value is -0.980. The van der Waals surface area contributed by atoms with Crippen LogP contribution in [-0.2, 0) is 19.3 Å². The normalized spacial score (nSPS) is 20.2. The lowest BCUT2D eigenvalue weighted by molar-refractivity contribution is 0.175. The van der Waals surface area contributed by atoms with Crippen LogP contribution in [-0.4, -0.2) is 0 Å². The highest BCUT2D eigenvalue weighted by atomic mass is 14.6. The van der Waals surface area contributed by atoms with Crippen molar-refractivity contribution in [3.05, 3.63) is 28.3 Å². The van der Waals surface area contributed by atoms with Gasteiger partial charge < -0.3 is 5.73 Å². The van der Waals surface area contributed by atoms with Gasteiger partial charge in [-0.3, -0.25) is 0 Å². The van der Waals surface area contributed by atoms with E-state index < -0.39 is 0 Å². The lowest BCUT2D eigenvalue weighted by Crippen LogP contribution is -2.29. The van der Waals surface area contributed by atoms with Gasteiger partial charge in [0.1, 0.15) is 0 Å². The molecule has 1 aromatic rings. The average Bonchev–Trinajstić information content (AvgIpc) is 2.32. The Bertz CT molecular complexity index is 599. The second kappa shape index (κ2) is 6.39. The molecule has 0 saturated carbocycles. The Morgan fingerprint density at radius 1 is 1.08 bits per heavy atom. The van der Waals surface area contributed by atoms with Crippen molar-refractivity contribution in [1.29, 1.82) is 0 Å². The third-order valence-electron chi connectivity index (χ3n) is 5.71. The zero-order chi connectivity index (χ0) is 18.3. The summed E-state index contributed by atoms with van der Waals surface area (Å²) in [7, 11) is 0. The van der Waals surface area contributed by atoms with E-state index in [0.29, 0.717) is 16.2 Å². The molecule has 1 aromatic carbocycles. The summed E-state index contributed by atoms with van der Waals surface area (Å²) in [5, 5.41) is 0. The Morgan fingerprint density at radius 2 is 1.71 bits per heavy atom. The molecule has 136 valence electrons. The molecule has 0 atom stereocenters. The molecule has 0 aromatic heterocycles. The van der Waals surface area contributed by atoms with Gasteiger partial charge in [-0.05, 0) is 83.9 Å². The predicted molar refractivity (Wildman–Crippen MR) is 108 cm³/mol. The van der Waals surface area contributed by atoms with Crippen molar-refractivity contribution in [1.82, 2.24) is 0 Å². The second-order valence-corrected chi connectivity index (χ2v) is 11.0. The molecule has 0 heterocycles. The topological polar surface area (TPSA) is 26.0 Å². The molecule has 1 aliphatic carbocycles. The molecule has 0 fully saturated rings. The smallest absolute Gasteiger partial charge is 0.0384 e. The fourth-order valence-corrected chi connectivity index (χ4v) is 4.71. The first kappa shape index (κ1) is 19.3. The SMILES string of the molecule is Cc1cc2c(c(N)c1CCC(C)(C)C)CCC(C)(C)CC(C)(C)C2. The molecule has 0 radical (unpaired) electrons. The summed E-state index contributed by atoms with van der Waals surface area (Å²) in [6.45, 7) is 18.9. The minimum atomic E-state index is 0.338. The van der Waals surface area contributed by atoms with Gasteiger partial charge in [0.25, 0.3) is 0 Å².